The Labute approximate surface area is 204 Å². The first kappa shape index (κ1) is 22.7. The molecule has 1 aromatic heterocycles. The van der Waals surface area contributed by atoms with Crippen molar-refractivity contribution in [2.24, 2.45) is 0 Å². The van der Waals surface area contributed by atoms with E-state index >= 15 is 0 Å². The molecular formula is C24H26Cl2N4O2S. The lowest BCUT2D eigenvalue weighted by atomic mass is 9.94. The van der Waals surface area contributed by atoms with Gasteiger partial charge in [-0.05, 0) is 37.1 Å². The van der Waals surface area contributed by atoms with Crippen LogP contribution in [-0.2, 0) is 10.0 Å². The van der Waals surface area contributed by atoms with Gasteiger partial charge in [0.05, 0.1) is 28.2 Å². The third kappa shape index (κ3) is 4.28. The Hall–Kier alpha value is -2.06. The van der Waals surface area contributed by atoms with Gasteiger partial charge in [0, 0.05) is 23.7 Å². The Morgan fingerprint density at radius 3 is 2.39 bits per heavy atom. The van der Waals surface area contributed by atoms with Gasteiger partial charge in [-0.25, -0.2) is 13.1 Å². The summed E-state index contributed by atoms with van der Waals surface area (Å²) in [5, 5.41) is 9.74. The van der Waals surface area contributed by atoms with Crippen LogP contribution in [0.3, 0.4) is 0 Å². The zero-order valence-electron chi connectivity index (χ0n) is 18.3. The lowest BCUT2D eigenvalue weighted by Crippen LogP contribution is -2.44. The molecule has 0 radical (unpaired) electrons. The predicted molar refractivity (Wildman–Crippen MR) is 134 cm³/mol. The molecule has 1 N–H and O–H groups in total. The van der Waals surface area contributed by atoms with Crippen LogP contribution < -0.4 is 9.62 Å². The maximum absolute atomic E-state index is 13.2. The van der Waals surface area contributed by atoms with Gasteiger partial charge in [-0.2, -0.15) is 5.10 Å². The molecule has 2 heterocycles. The summed E-state index contributed by atoms with van der Waals surface area (Å²) in [6, 6.07) is 14.7. The lowest BCUT2D eigenvalue weighted by Gasteiger charge is -2.33. The molecule has 5 rings (SSSR count). The molecule has 1 fully saturated rings. The van der Waals surface area contributed by atoms with Crippen molar-refractivity contribution in [3.8, 4) is 16.9 Å². The van der Waals surface area contributed by atoms with Crippen molar-refractivity contribution < 1.29 is 8.42 Å². The SMILES string of the molecule is CN1c2c(nn(-c3ccccc3Cl)c2-c2ccc(Cl)cc2)C(NC2CCCCC2)CS1(=O)=O. The van der Waals surface area contributed by atoms with E-state index in [0.717, 1.165) is 36.9 Å². The van der Waals surface area contributed by atoms with Crippen LogP contribution in [0.15, 0.2) is 48.5 Å². The normalized spacial score (nSPS) is 20.6. The molecule has 1 atom stereocenters. The summed E-state index contributed by atoms with van der Waals surface area (Å²) >= 11 is 12.7. The van der Waals surface area contributed by atoms with Crippen molar-refractivity contribution in [2.45, 2.75) is 44.2 Å². The number of anilines is 1. The van der Waals surface area contributed by atoms with Crippen LogP contribution in [0.4, 0.5) is 5.69 Å². The molecule has 0 bridgehead atoms. The van der Waals surface area contributed by atoms with Crippen molar-refractivity contribution in [2.75, 3.05) is 17.1 Å². The number of rotatable bonds is 4. The molecule has 2 aromatic carbocycles. The second-order valence-corrected chi connectivity index (χ2v) is 11.6. The lowest BCUT2D eigenvalue weighted by molar-refractivity contribution is 0.343. The highest BCUT2D eigenvalue weighted by atomic mass is 35.5. The Balaban J connectivity index is 1.72. The van der Waals surface area contributed by atoms with Crippen molar-refractivity contribution >= 4 is 38.9 Å². The smallest absolute Gasteiger partial charge is 0.236 e. The van der Waals surface area contributed by atoms with Gasteiger partial charge >= 0.3 is 0 Å². The molecule has 3 aromatic rings. The van der Waals surface area contributed by atoms with Crippen molar-refractivity contribution in [3.63, 3.8) is 0 Å². The van der Waals surface area contributed by atoms with Gasteiger partial charge in [0.2, 0.25) is 10.0 Å². The van der Waals surface area contributed by atoms with Crippen LogP contribution in [0.2, 0.25) is 10.0 Å². The zero-order chi connectivity index (χ0) is 23.2. The highest BCUT2D eigenvalue weighted by molar-refractivity contribution is 7.92. The Morgan fingerprint density at radius 1 is 1.00 bits per heavy atom. The molecule has 6 nitrogen and oxygen atoms in total. The van der Waals surface area contributed by atoms with Crippen LogP contribution in [0.25, 0.3) is 16.9 Å². The van der Waals surface area contributed by atoms with E-state index in [1.807, 2.05) is 30.3 Å². The number of nitrogens with one attached hydrogen (secondary N) is 1. The first-order valence-corrected chi connectivity index (χ1v) is 13.6. The summed E-state index contributed by atoms with van der Waals surface area (Å²) in [6.45, 7) is 0. The van der Waals surface area contributed by atoms with E-state index in [0.29, 0.717) is 33.2 Å². The monoisotopic (exact) mass is 504 g/mol. The number of aromatic nitrogens is 2. The van der Waals surface area contributed by atoms with Crippen LogP contribution in [0.5, 0.6) is 0 Å². The fourth-order valence-corrected chi connectivity index (χ4v) is 6.56. The molecule has 174 valence electrons. The summed E-state index contributed by atoms with van der Waals surface area (Å²) in [4.78, 5) is 0. The van der Waals surface area contributed by atoms with Crippen LogP contribution in [0, 0.1) is 0 Å². The summed E-state index contributed by atoms with van der Waals surface area (Å²) in [5.41, 5.74) is 3.49. The molecule has 33 heavy (non-hydrogen) atoms. The quantitative estimate of drug-likeness (QED) is 0.502. The minimum atomic E-state index is -3.53. The fourth-order valence-electron chi connectivity index (χ4n) is 4.86. The van der Waals surface area contributed by atoms with Gasteiger partial charge in [-0.15, -0.1) is 0 Å². The van der Waals surface area contributed by atoms with Crippen LogP contribution in [0.1, 0.15) is 43.8 Å². The molecule has 2 aliphatic rings. The van der Waals surface area contributed by atoms with E-state index in [1.54, 1.807) is 29.9 Å². The maximum atomic E-state index is 13.2. The van der Waals surface area contributed by atoms with E-state index in [4.69, 9.17) is 28.3 Å². The average Bonchev–Trinajstić information content (AvgIpc) is 3.19. The summed E-state index contributed by atoms with van der Waals surface area (Å²) < 4.78 is 29.6. The third-order valence-corrected chi connectivity index (χ3v) is 8.91. The van der Waals surface area contributed by atoms with Gasteiger partial charge in [-0.1, -0.05) is 66.7 Å². The van der Waals surface area contributed by atoms with Crippen LogP contribution in [-0.4, -0.2) is 37.0 Å². The number of benzene rings is 2. The highest BCUT2D eigenvalue weighted by Crippen LogP contribution is 2.44. The van der Waals surface area contributed by atoms with E-state index in [2.05, 4.69) is 5.32 Å². The van der Waals surface area contributed by atoms with Gasteiger partial charge in [0.25, 0.3) is 0 Å². The summed E-state index contributed by atoms with van der Waals surface area (Å²) in [5.74, 6) is -0.0212. The summed E-state index contributed by atoms with van der Waals surface area (Å²) in [7, 11) is -1.93. The van der Waals surface area contributed by atoms with Crippen molar-refractivity contribution in [1.29, 1.82) is 0 Å². The molecule has 1 aliphatic heterocycles. The third-order valence-electron chi connectivity index (χ3n) is 6.57. The van der Waals surface area contributed by atoms with Gasteiger partial charge < -0.3 is 5.32 Å². The molecule has 1 aliphatic carbocycles. The maximum Gasteiger partial charge on any atom is 0.236 e. The van der Waals surface area contributed by atoms with Gasteiger partial charge in [0.15, 0.2) is 0 Å². The number of halogens is 2. The Morgan fingerprint density at radius 2 is 1.70 bits per heavy atom. The second kappa shape index (κ2) is 8.95. The number of sulfonamides is 1. The highest BCUT2D eigenvalue weighted by Gasteiger charge is 2.40. The minimum Gasteiger partial charge on any atom is -0.305 e. The van der Waals surface area contributed by atoms with Gasteiger partial charge in [-0.3, -0.25) is 4.31 Å². The topological polar surface area (TPSA) is 67.2 Å². The first-order chi connectivity index (χ1) is 15.8. The standard InChI is InChI=1S/C24H26Cl2N4O2S/c1-29-24-22(20(15-33(29,31)32)27-18-7-3-2-4-8-18)28-30(21-10-6-5-9-19(21)26)23(24)16-11-13-17(25)14-12-16/h5-6,9-14,18,20,27H,2-4,7-8,15H2,1H3. The first-order valence-electron chi connectivity index (χ1n) is 11.2. The number of fused-ring (bicyclic) bond motifs is 1. The van der Waals surface area contributed by atoms with E-state index in [-0.39, 0.29) is 11.8 Å². The molecule has 1 unspecified atom stereocenters. The number of hydrogen-bond acceptors (Lipinski definition) is 4. The van der Waals surface area contributed by atoms with E-state index in [1.165, 1.54) is 10.7 Å². The average molecular weight is 505 g/mol. The predicted octanol–water partition coefficient (Wildman–Crippen LogP) is 5.59. The van der Waals surface area contributed by atoms with E-state index < -0.39 is 10.0 Å². The Bertz CT molecular complexity index is 1270. The number of hydrogen-bond donors (Lipinski definition) is 1. The molecule has 0 amide bonds. The summed E-state index contributed by atoms with van der Waals surface area (Å²) in [6.07, 6.45) is 5.66. The minimum absolute atomic E-state index is 0.0212. The van der Waals surface area contributed by atoms with E-state index in [9.17, 15) is 8.42 Å². The zero-order valence-corrected chi connectivity index (χ0v) is 20.7. The molecule has 1 saturated carbocycles. The molecule has 9 heteroatoms. The van der Waals surface area contributed by atoms with Crippen LogP contribution >= 0.6 is 23.2 Å². The number of para-hydroxylation sites is 1. The molecule has 0 saturated heterocycles. The fraction of sp³-hybridized carbons (Fsp3) is 0.375. The molecular weight excluding hydrogens is 479 g/mol. The molecule has 0 spiro atoms. The largest absolute Gasteiger partial charge is 0.305 e. The Kier molecular flexibility index (Phi) is 6.16. The van der Waals surface area contributed by atoms with Crippen molar-refractivity contribution in [1.82, 2.24) is 15.1 Å². The van der Waals surface area contributed by atoms with Crippen molar-refractivity contribution in [3.05, 3.63) is 64.3 Å². The van der Waals surface area contributed by atoms with Gasteiger partial charge in [0.1, 0.15) is 11.4 Å². The number of nitrogens with zero attached hydrogens (tertiary/aromatic N) is 3. The second-order valence-electron chi connectivity index (χ2n) is 8.75.